The van der Waals surface area contributed by atoms with Gasteiger partial charge in [-0.05, 0) is 37.7 Å². The van der Waals surface area contributed by atoms with Crippen molar-refractivity contribution in [2.75, 3.05) is 32.7 Å². The topological polar surface area (TPSA) is 52.7 Å². The first kappa shape index (κ1) is 19.9. The zero-order valence-electron chi connectivity index (χ0n) is 16.5. The highest BCUT2D eigenvalue weighted by Crippen LogP contribution is 2.31. The van der Waals surface area contributed by atoms with E-state index in [0.29, 0.717) is 18.9 Å². The zero-order chi connectivity index (χ0) is 19.1. The molecule has 1 aliphatic heterocycles. The first-order valence-corrected chi connectivity index (χ1v) is 10.5. The van der Waals surface area contributed by atoms with Crippen molar-refractivity contribution >= 4 is 11.8 Å². The number of amides is 2. The number of hydrogen-bond donors (Lipinski definition) is 1. The third kappa shape index (κ3) is 5.32. The summed E-state index contributed by atoms with van der Waals surface area (Å²) in [5.74, 6) is 0.874. The number of nitrogens with zero attached hydrogens (tertiary/aromatic N) is 2. The highest BCUT2D eigenvalue weighted by Gasteiger charge is 2.36. The highest BCUT2D eigenvalue weighted by molar-refractivity contribution is 5.82. The van der Waals surface area contributed by atoms with Crippen LogP contribution in [0.25, 0.3) is 0 Å². The van der Waals surface area contributed by atoms with E-state index in [9.17, 15) is 9.59 Å². The standard InChI is InChI=1S/C22H33N3O2/c1-2-23-22(27)21(19-10-6-7-11-19)25-16-14-24(15-17-25)20(26)13-12-18-8-4-3-5-9-18/h3-5,8-9,19,21H,2,6-7,10-17H2,1H3,(H,23,27)/t21-/m1/s1. The van der Waals surface area contributed by atoms with Crippen LogP contribution in [0.15, 0.2) is 30.3 Å². The molecule has 2 amide bonds. The fraction of sp³-hybridized carbons (Fsp3) is 0.636. The Kier molecular flexibility index (Phi) is 7.27. The average molecular weight is 372 g/mol. The van der Waals surface area contributed by atoms with Gasteiger partial charge in [-0.25, -0.2) is 0 Å². The Morgan fingerprint density at radius 1 is 1.07 bits per heavy atom. The van der Waals surface area contributed by atoms with E-state index in [0.717, 1.165) is 45.4 Å². The highest BCUT2D eigenvalue weighted by atomic mass is 16.2. The average Bonchev–Trinajstić information content (AvgIpc) is 3.22. The predicted octanol–water partition coefficient (Wildman–Crippen LogP) is 2.46. The van der Waals surface area contributed by atoms with Gasteiger partial charge in [-0.15, -0.1) is 0 Å². The number of likely N-dealkylation sites (N-methyl/N-ethyl adjacent to an activating group) is 1. The maximum Gasteiger partial charge on any atom is 0.237 e. The van der Waals surface area contributed by atoms with Gasteiger partial charge >= 0.3 is 0 Å². The number of hydrogen-bond acceptors (Lipinski definition) is 3. The summed E-state index contributed by atoms with van der Waals surface area (Å²) in [7, 11) is 0. The van der Waals surface area contributed by atoms with Crippen molar-refractivity contribution in [2.45, 2.75) is 51.5 Å². The summed E-state index contributed by atoms with van der Waals surface area (Å²) in [5.41, 5.74) is 1.21. The molecule has 1 aliphatic carbocycles. The fourth-order valence-corrected chi connectivity index (χ4v) is 4.53. The number of carbonyl (C=O) groups is 2. The number of benzene rings is 1. The van der Waals surface area contributed by atoms with Gasteiger partial charge in [0.15, 0.2) is 0 Å². The molecular formula is C22H33N3O2. The molecule has 1 saturated heterocycles. The Labute approximate surface area is 163 Å². The minimum atomic E-state index is -0.0194. The third-order valence-corrected chi connectivity index (χ3v) is 6.00. The first-order valence-electron chi connectivity index (χ1n) is 10.5. The van der Waals surface area contributed by atoms with Crippen molar-refractivity contribution in [3.05, 3.63) is 35.9 Å². The Bertz CT molecular complexity index is 605. The molecule has 1 N–H and O–H groups in total. The van der Waals surface area contributed by atoms with Crippen LogP contribution in [0.2, 0.25) is 0 Å². The van der Waals surface area contributed by atoms with Crippen molar-refractivity contribution < 1.29 is 9.59 Å². The molecule has 0 aromatic heterocycles. The molecule has 0 unspecified atom stereocenters. The minimum Gasteiger partial charge on any atom is -0.355 e. The molecule has 0 spiro atoms. The van der Waals surface area contributed by atoms with Crippen LogP contribution >= 0.6 is 0 Å². The summed E-state index contributed by atoms with van der Waals surface area (Å²) in [6.45, 7) is 5.73. The summed E-state index contributed by atoms with van der Waals surface area (Å²) < 4.78 is 0. The minimum absolute atomic E-state index is 0.0194. The lowest BCUT2D eigenvalue weighted by Crippen LogP contribution is -2.58. The predicted molar refractivity (Wildman–Crippen MR) is 107 cm³/mol. The van der Waals surface area contributed by atoms with Crippen molar-refractivity contribution in [2.24, 2.45) is 5.92 Å². The van der Waals surface area contributed by atoms with Crippen molar-refractivity contribution in [1.82, 2.24) is 15.1 Å². The quantitative estimate of drug-likeness (QED) is 0.801. The van der Waals surface area contributed by atoms with Gasteiger partial charge in [0, 0.05) is 39.1 Å². The second kappa shape index (κ2) is 9.88. The number of nitrogens with one attached hydrogen (secondary N) is 1. The maximum atomic E-state index is 12.7. The SMILES string of the molecule is CCNC(=O)[C@@H](C1CCCC1)N1CCN(C(=O)CCc2ccccc2)CC1. The molecule has 1 aromatic carbocycles. The lowest BCUT2D eigenvalue weighted by atomic mass is 9.95. The second-order valence-electron chi connectivity index (χ2n) is 7.79. The molecule has 0 radical (unpaired) electrons. The van der Waals surface area contributed by atoms with E-state index in [4.69, 9.17) is 0 Å². The van der Waals surface area contributed by atoms with Crippen LogP contribution in [0, 0.1) is 5.92 Å². The Balaban J connectivity index is 1.51. The number of piperazine rings is 1. The second-order valence-corrected chi connectivity index (χ2v) is 7.79. The van der Waals surface area contributed by atoms with Crippen LogP contribution < -0.4 is 5.32 Å². The van der Waals surface area contributed by atoms with Crippen molar-refractivity contribution in [3.8, 4) is 0 Å². The summed E-state index contributed by atoms with van der Waals surface area (Å²) >= 11 is 0. The molecule has 3 rings (SSSR count). The van der Waals surface area contributed by atoms with Gasteiger partial charge in [-0.2, -0.15) is 0 Å². The lowest BCUT2D eigenvalue weighted by molar-refractivity contribution is -0.135. The van der Waals surface area contributed by atoms with Crippen LogP contribution in [0.3, 0.4) is 0 Å². The fourth-order valence-electron chi connectivity index (χ4n) is 4.53. The molecule has 1 heterocycles. The van der Waals surface area contributed by atoms with Crippen LogP contribution in [0.4, 0.5) is 0 Å². The molecule has 5 nitrogen and oxygen atoms in total. The molecule has 5 heteroatoms. The molecule has 0 bridgehead atoms. The van der Waals surface area contributed by atoms with E-state index >= 15 is 0 Å². The third-order valence-electron chi connectivity index (χ3n) is 6.00. The van der Waals surface area contributed by atoms with Gasteiger partial charge in [-0.3, -0.25) is 14.5 Å². The van der Waals surface area contributed by atoms with Gasteiger partial charge in [0.05, 0.1) is 6.04 Å². The van der Waals surface area contributed by atoms with E-state index in [2.05, 4.69) is 22.3 Å². The number of rotatable bonds is 7. The van der Waals surface area contributed by atoms with Crippen molar-refractivity contribution in [3.63, 3.8) is 0 Å². The Morgan fingerprint density at radius 2 is 1.74 bits per heavy atom. The van der Waals surface area contributed by atoms with E-state index in [1.54, 1.807) is 0 Å². The van der Waals surface area contributed by atoms with Crippen LogP contribution in [-0.4, -0.2) is 60.4 Å². The first-order chi connectivity index (χ1) is 13.2. The summed E-state index contributed by atoms with van der Waals surface area (Å²) in [4.78, 5) is 29.5. The summed E-state index contributed by atoms with van der Waals surface area (Å²) in [6.07, 6.45) is 6.13. The molecule has 2 aliphatic rings. The van der Waals surface area contributed by atoms with Gasteiger partial charge in [0.25, 0.3) is 0 Å². The van der Waals surface area contributed by atoms with Crippen LogP contribution in [0.1, 0.15) is 44.6 Å². The molecule has 2 fully saturated rings. The van der Waals surface area contributed by atoms with E-state index in [1.165, 1.54) is 18.4 Å². The smallest absolute Gasteiger partial charge is 0.237 e. The van der Waals surface area contributed by atoms with Crippen LogP contribution in [-0.2, 0) is 16.0 Å². The molecule has 1 atom stereocenters. The Morgan fingerprint density at radius 3 is 2.37 bits per heavy atom. The van der Waals surface area contributed by atoms with E-state index in [-0.39, 0.29) is 17.9 Å². The molecule has 1 saturated carbocycles. The van der Waals surface area contributed by atoms with Gasteiger partial charge < -0.3 is 10.2 Å². The van der Waals surface area contributed by atoms with Gasteiger partial charge in [-0.1, -0.05) is 43.2 Å². The lowest BCUT2D eigenvalue weighted by Gasteiger charge is -2.40. The number of aryl methyl sites for hydroxylation is 1. The van der Waals surface area contributed by atoms with E-state index < -0.39 is 0 Å². The van der Waals surface area contributed by atoms with Gasteiger partial charge in [0.1, 0.15) is 0 Å². The van der Waals surface area contributed by atoms with E-state index in [1.807, 2.05) is 30.0 Å². The van der Waals surface area contributed by atoms with Crippen LogP contribution in [0.5, 0.6) is 0 Å². The molecule has 27 heavy (non-hydrogen) atoms. The normalized spacial score (nSPS) is 19.8. The maximum absolute atomic E-state index is 12.7. The number of carbonyl (C=O) groups excluding carboxylic acids is 2. The zero-order valence-corrected chi connectivity index (χ0v) is 16.5. The Hall–Kier alpha value is -1.88. The molecular weight excluding hydrogens is 338 g/mol. The van der Waals surface area contributed by atoms with Crippen molar-refractivity contribution in [1.29, 1.82) is 0 Å². The van der Waals surface area contributed by atoms with Gasteiger partial charge in [0.2, 0.25) is 11.8 Å². The summed E-state index contributed by atoms with van der Waals surface area (Å²) in [6, 6.07) is 10.2. The summed E-state index contributed by atoms with van der Waals surface area (Å²) in [5, 5.41) is 3.03. The largest absolute Gasteiger partial charge is 0.355 e. The monoisotopic (exact) mass is 371 g/mol. The molecule has 148 valence electrons. The molecule has 1 aromatic rings.